The van der Waals surface area contributed by atoms with Gasteiger partial charge in [-0.05, 0) is 68.1 Å². The number of ether oxygens (including phenoxy) is 1. The molecule has 4 nitrogen and oxygen atoms in total. The standard InChI is InChI=1S/C18H13Br2NO3/c1-11-2-4-13(5-3-11)14(9-21)6-12-7-15(19)18(16(20)8-12)24-10-17(22)23/h2-8H,10H2,1H3,(H,22,23)/b14-6+. The topological polar surface area (TPSA) is 70.3 Å². The number of carboxylic acid groups (broad SMARTS) is 1. The first kappa shape index (κ1) is 18.2. The quantitative estimate of drug-likeness (QED) is 0.511. The van der Waals surface area contributed by atoms with Crippen LogP contribution in [-0.4, -0.2) is 17.7 Å². The number of nitrogens with zero attached hydrogens (tertiary/aromatic N) is 1. The average molecular weight is 451 g/mol. The Morgan fingerprint density at radius 3 is 2.33 bits per heavy atom. The van der Waals surface area contributed by atoms with Crippen LogP contribution in [0.15, 0.2) is 45.3 Å². The van der Waals surface area contributed by atoms with Crippen molar-refractivity contribution in [2.24, 2.45) is 0 Å². The van der Waals surface area contributed by atoms with Crippen LogP contribution in [0.5, 0.6) is 5.75 Å². The second kappa shape index (κ2) is 8.13. The van der Waals surface area contributed by atoms with E-state index in [9.17, 15) is 10.1 Å². The monoisotopic (exact) mass is 449 g/mol. The van der Waals surface area contributed by atoms with Crippen LogP contribution in [-0.2, 0) is 4.79 Å². The Balaban J connectivity index is 2.36. The number of halogens is 2. The van der Waals surface area contributed by atoms with E-state index in [-0.39, 0.29) is 0 Å². The maximum absolute atomic E-state index is 10.6. The van der Waals surface area contributed by atoms with Crippen molar-refractivity contribution in [1.82, 2.24) is 0 Å². The fourth-order valence-electron chi connectivity index (χ4n) is 2.01. The molecule has 0 radical (unpaired) electrons. The molecule has 0 heterocycles. The predicted molar refractivity (Wildman–Crippen MR) is 99.6 cm³/mol. The molecule has 0 bridgehead atoms. The molecule has 2 aromatic rings. The predicted octanol–water partition coefficient (Wildman–Crippen LogP) is 5.05. The Bertz CT molecular complexity index is 813. The van der Waals surface area contributed by atoms with Crippen molar-refractivity contribution in [3.8, 4) is 11.8 Å². The van der Waals surface area contributed by atoms with Gasteiger partial charge in [0.2, 0.25) is 0 Å². The van der Waals surface area contributed by atoms with Gasteiger partial charge in [-0.2, -0.15) is 5.26 Å². The third kappa shape index (κ3) is 4.70. The van der Waals surface area contributed by atoms with Gasteiger partial charge < -0.3 is 9.84 Å². The van der Waals surface area contributed by atoms with Crippen LogP contribution in [0.25, 0.3) is 11.6 Å². The van der Waals surface area contributed by atoms with Crippen molar-refractivity contribution < 1.29 is 14.6 Å². The van der Waals surface area contributed by atoms with Crippen molar-refractivity contribution in [3.05, 3.63) is 62.0 Å². The molecule has 2 aromatic carbocycles. The highest BCUT2D eigenvalue weighted by Gasteiger charge is 2.11. The first-order chi connectivity index (χ1) is 11.4. The largest absolute Gasteiger partial charge is 0.480 e. The molecule has 1 N–H and O–H groups in total. The van der Waals surface area contributed by atoms with E-state index in [1.807, 2.05) is 31.2 Å². The molecule has 0 saturated carbocycles. The lowest BCUT2D eigenvalue weighted by molar-refractivity contribution is -0.139. The first-order valence-electron chi connectivity index (χ1n) is 6.93. The van der Waals surface area contributed by atoms with Gasteiger partial charge in [0.15, 0.2) is 6.61 Å². The van der Waals surface area contributed by atoms with Gasteiger partial charge in [0.1, 0.15) is 5.75 Å². The van der Waals surface area contributed by atoms with Crippen molar-refractivity contribution in [1.29, 1.82) is 5.26 Å². The van der Waals surface area contributed by atoms with E-state index >= 15 is 0 Å². The summed E-state index contributed by atoms with van der Waals surface area (Å²) < 4.78 is 6.44. The van der Waals surface area contributed by atoms with E-state index in [1.54, 1.807) is 18.2 Å². The molecule has 0 spiro atoms. The summed E-state index contributed by atoms with van der Waals surface area (Å²) in [6, 6.07) is 13.5. The number of aryl methyl sites for hydroxylation is 1. The van der Waals surface area contributed by atoms with Crippen LogP contribution < -0.4 is 4.74 Å². The molecule has 6 heteroatoms. The van der Waals surface area contributed by atoms with Crippen LogP contribution in [0.4, 0.5) is 0 Å². The third-order valence-corrected chi connectivity index (χ3v) is 4.33. The summed E-state index contributed by atoms with van der Waals surface area (Å²) in [5, 5.41) is 18.1. The second-order valence-corrected chi connectivity index (χ2v) is 6.74. The summed E-state index contributed by atoms with van der Waals surface area (Å²) in [5.41, 5.74) is 3.28. The molecule has 0 amide bonds. The summed E-state index contributed by atoms with van der Waals surface area (Å²) >= 11 is 6.73. The molecule has 0 aliphatic carbocycles. The van der Waals surface area contributed by atoms with Gasteiger partial charge in [0, 0.05) is 0 Å². The number of hydrogen-bond acceptors (Lipinski definition) is 3. The first-order valence-corrected chi connectivity index (χ1v) is 8.52. The van der Waals surface area contributed by atoms with Crippen molar-refractivity contribution >= 4 is 49.5 Å². The minimum absolute atomic E-state index is 0.406. The molecule has 0 aliphatic heterocycles. The number of carboxylic acids is 1. The molecule has 2 rings (SSSR count). The Morgan fingerprint density at radius 2 is 1.83 bits per heavy atom. The van der Waals surface area contributed by atoms with Gasteiger partial charge in [-0.3, -0.25) is 0 Å². The number of aliphatic carboxylic acids is 1. The molecule has 24 heavy (non-hydrogen) atoms. The summed E-state index contributed by atoms with van der Waals surface area (Å²) in [5.74, 6) is -0.646. The molecular weight excluding hydrogens is 438 g/mol. The van der Waals surface area contributed by atoms with E-state index < -0.39 is 12.6 Å². The van der Waals surface area contributed by atoms with Crippen molar-refractivity contribution in [2.75, 3.05) is 6.61 Å². The second-order valence-electron chi connectivity index (χ2n) is 5.03. The number of carbonyl (C=O) groups is 1. The van der Waals surface area contributed by atoms with Gasteiger partial charge in [-0.25, -0.2) is 4.79 Å². The minimum Gasteiger partial charge on any atom is -0.480 e. The molecule has 0 fully saturated rings. The van der Waals surface area contributed by atoms with E-state index in [0.29, 0.717) is 20.3 Å². The lowest BCUT2D eigenvalue weighted by Crippen LogP contribution is -2.10. The maximum atomic E-state index is 10.6. The summed E-state index contributed by atoms with van der Waals surface area (Å²) in [6.07, 6.45) is 1.77. The van der Waals surface area contributed by atoms with Gasteiger partial charge in [0.25, 0.3) is 0 Å². The van der Waals surface area contributed by atoms with Gasteiger partial charge in [-0.15, -0.1) is 0 Å². The maximum Gasteiger partial charge on any atom is 0.341 e. The summed E-state index contributed by atoms with van der Waals surface area (Å²) in [4.78, 5) is 10.6. The van der Waals surface area contributed by atoms with E-state index in [2.05, 4.69) is 37.9 Å². The van der Waals surface area contributed by atoms with Gasteiger partial charge in [0.05, 0.1) is 20.6 Å². The fourth-order valence-corrected chi connectivity index (χ4v) is 3.47. The van der Waals surface area contributed by atoms with Crippen LogP contribution >= 0.6 is 31.9 Å². The SMILES string of the molecule is Cc1ccc(/C(C#N)=C/c2cc(Br)c(OCC(=O)O)c(Br)c2)cc1. The van der Waals surface area contributed by atoms with Crippen LogP contribution in [0.1, 0.15) is 16.7 Å². The van der Waals surface area contributed by atoms with Crippen molar-refractivity contribution in [3.63, 3.8) is 0 Å². The Labute approximate surface area is 156 Å². The number of rotatable bonds is 5. The van der Waals surface area contributed by atoms with Crippen LogP contribution in [0, 0.1) is 18.3 Å². The zero-order valence-electron chi connectivity index (χ0n) is 12.7. The molecule has 0 unspecified atom stereocenters. The number of hydrogen-bond donors (Lipinski definition) is 1. The van der Waals surface area contributed by atoms with E-state index in [0.717, 1.165) is 16.7 Å². The number of allylic oxidation sites excluding steroid dienone is 1. The Morgan fingerprint density at radius 1 is 1.25 bits per heavy atom. The molecule has 122 valence electrons. The average Bonchev–Trinajstić information content (AvgIpc) is 2.52. The van der Waals surface area contributed by atoms with E-state index in [1.165, 1.54) is 0 Å². The van der Waals surface area contributed by atoms with Gasteiger partial charge in [-0.1, -0.05) is 29.8 Å². The van der Waals surface area contributed by atoms with Crippen molar-refractivity contribution in [2.45, 2.75) is 6.92 Å². The summed E-state index contributed by atoms with van der Waals surface area (Å²) in [6.45, 7) is 1.56. The smallest absolute Gasteiger partial charge is 0.341 e. The lowest BCUT2D eigenvalue weighted by Gasteiger charge is -2.10. The lowest BCUT2D eigenvalue weighted by atomic mass is 10.0. The molecule has 0 atom stereocenters. The zero-order chi connectivity index (χ0) is 17.7. The third-order valence-electron chi connectivity index (χ3n) is 3.15. The molecule has 0 saturated heterocycles. The normalized spacial score (nSPS) is 11.0. The number of benzene rings is 2. The summed E-state index contributed by atoms with van der Waals surface area (Å²) in [7, 11) is 0. The molecule has 0 aromatic heterocycles. The Hall–Kier alpha value is -2.10. The van der Waals surface area contributed by atoms with Gasteiger partial charge >= 0.3 is 5.97 Å². The number of nitriles is 1. The van der Waals surface area contributed by atoms with Crippen LogP contribution in [0.3, 0.4) is 0 Å². The minimum atomic E-state index is -1.05. The molecule has 0 aliphatic rings. The highest BCUT2D eigenvalue weighted by Crippen LogP contribution is 2.35. The van der Waals surface area contributed by atoms with Crippen LogP contribution in [0.2, 0.25) is 0 Å². The molecular formula is C18H13Br2NO3. The Kier molecular flexibility index (Phi) is 6.18. The zero-order valence-corrected chi connectivity index (χ0v) is 15.9. The highest BCUT2D eigenvalue weighted by molar-refractivity contribution is 9.11. The van der Waals surface area contributed by atoms with E-state index in [4.69, 9.17) is 9.84 Å². The fraction of sp³-hybridized carbons (Fsp3) is 0.111. The highest BCUT2D eigenvalue weighted by atomic mass is 79.9.